The van der Waals surface area contributed by atoms with E-state index in [2.05, 4.69) is 10.3 Å². The number of amides is 1. The lowest BCUT2D eigenvalue weighted by atomic mass is 10.0. The van der Waals surface area contributed by atoms with Gasteiger partial charge in [-0.2, -0.15) is 0 Å². The van der Waals surface area contributed by atoms with E-state index in [-0.39, 0.29) is 12.6 Å². The number of nitrogens with one attached hydrogen (secondary N) is 1. The molecule has 0 aliphatic heterocycles. The minimum Gasteiger partial charge on any atom is -0.493 e. The van der Waals surface area contributed by atoms with Crippen LogP contribution in [0.1, 0.15) is 50.3 Å². The maximum Gasteiger partial charge on any atom is 0.408 e. The molecule has 0 aliphatic carbocycles. The van der Waals surface area contributed by atoms with Crippen LogP contribution < -0.4 is 10.1 Å². The lowest BCUT2D eigenvalue weighted by molar-refractivity contribution is 0.0496. The van der Waals surface area contributed by atoms with E-state index < -0.39 is 11.7 Å². The molecule has 0 fully saturated rings. The molecular weight excluding hydrogens is 420 g/mol. The molecule has 2 N–H and O–H groups in total. The van der Waals surface area contributed by atoms with Crippen molar-refractivity contribution in [2.24, 2.45) is 0 Å². The van der Waals surface area contributed by atoms with Crippen LogP contribution in [0.5, 0.6) is 5.75 Å². The third-order valence-corrected chi connectivity index (χ3v) is 4.91. The van der Waals surface area contributed by atoms with E-state index in [4.69, 9.17) is 13.9 Å². The van der Waals surface area contributed by atoms with Crippen LogP contribution in [0, 0.1) is 6.92 Å². The SMILES string of the molecule is Cc1oc(-c2ccccc2)nc1CCOc1ccc(C(CCO)NC(=O)OC(C)(C)C)cc1. The van der Waals surface area contributed by atoms with Crippen molar-refractivity contribution in [2.45, 2.75) is 52.2 Å². The van der Waals surface area contributed by atoms with E-state index in [1.54, 1.807) is 0 Å². The number of aromatic nitrogens is 1. The number of aliphatic hydroxyl groups excluding tert-OH is 1. The average molecular weight is 453 g/mol. The molecule has 7 heteroatoms. The molecule has 3 rings (SSSR count). The number of aliphatic hydroxyl groups is 1. The number of carbonyl (C=O) groups excluding carboxylic acids is 1. The molecule has 0 saturated carbocycles. The molecular formula is C26H32N2O5. The van der Waals surface area contributed by atoms with Gasteiger partial charge in [0, 0.05) is 18.6 Å². The quantitative estimate of drug-likeness (QED) is 0.462. The zero-order valence-corrected chi connectivity index (χ0v) is 19.6. The van der Waals surface area contributed by atoms with Crippen molar-refractivity contribution in [3.63, 3.8) is 0 Å². The fourth-order valence-electron chi connectivity index (χ4n) is 3.33. The fourth-order valence-corrected chi connectivity index (χ4v) is 3.33. The minimum atomic E-state index is -0.588. The first-order chi connectivity index (χ1) is 15.7. The van der Waals surface area contributed by atoms with Gasteiger partial charge in [-0.3, -0.25) is 0 Å². The van der Waals surface area contributed by atoms with Crippen LogP contribution >= 0.6 is 0 Å². The van der Waals surface area contributed by atoms with Crippen LogP contribution in [-0.2, 0) is 11.2 Å². The van der Waals surface area contributed by atoms with Gasteiger partial charge in [-0.05, 0) is 63.9 Å². The summed E-state index contributed by atoms with van der Waals surface area (Å²) in [5.74, 6) is 2.11. The lowest BCUT2D eigenvalue weighted by Crippen LogP contribution is -2.35. The van der Waals surface area contributed by atoms with E-state index in [9.17, 15) is 9.90 Å². The smallest absolute Gasteiger partial charge is 0.408 e. The third kappa shape index (κ3) is 7.36. The summed E-state index contributed by atoms with van der Waals surface area (Å²) in [4.78, 5) is 16.7. The van der Waals surface area contributed by atoms with Gasteiger partial charge in [0.2, 0.25) is 5.89 Å². The fraction of sp³-hybridized carbons (Fsp3) is 0.385. The average Bonchev–Trinajstić information content (AvgIpc) is 3.14. The normalized spacial score (nSPS) is 12.3. The number of benzene rings is 2. The number of rotatable bonds is 9. The van der Waals surface area contributed by atoms with Crippen LogP contribution in [-0.4, -0.2) is 35.0 Å². The standard InChI is InChI=1S/C26H32N2O5/c1-18-22(27-24(32-18)20-8-6-5-7-9-20)15-17-31-21-12-10-19(11-13-21)23(14-16-29)28-25(30)33-26(2,3)4/h5-13,23,29H,14-17H2,1-4H3,(H,28,30). The van der Waals surface area contributed by atoms with Crippen molar-refractivity contribution in [3.05, 3.63) is 71.6 Å². The van der Waals surface area contributed by atoms with Gasteiger partial charge < -0.3 is 24.3 Å². The van der Waals surface area contributed by atoms with Crippen molar-refractivity contribution in [1.29, 1.82) is 0 Å². The Morgan fingerprint density at radius 2 is 1.82 bits per heavy atom. The Kier molecular flexibility index (Phi) is 8.11. The number of alkyl carbamates (subject to hydrolysis) is 1. The summed E-state index contributed by atoms with van der Waals surface area (Å²) in [7, 11) is 0. The number of hydrogen-bond acceptors (Lipinski definition) is 6. The number of hydrogen-bond donors (Lipinski definition) is 2. The van der Waals surface area contributed by atoms with Crippen LogP contribution in [0.3, 0.4) is 0 Å². The zero-order chi connectivity index (χ0) is 23.8. The lowest BCUT2D eigenvalue weighted by Gasteiger charge is -2.23. The molecule has 2 aromatic carbocycles. The van der Waals surface area contributed by atoms with Gasteiger partial charge in [-0.1, -0.05) is 30.3 Å². The first-order valence-electron chi connectivity index (χ1n) is 11.1. The Morgan fingerprint density at radius 1 is 1.12 bits per heavy atom. The second-order valence-electron chi connectivity index (χ2n) is 8.77. The number of carbonyl (C=O) groups is 1. The maximum absolute atomic E-state index is 12.1. The highest BCUT2D eigenvalue weighted by Crippen LogP contribution is 2.23. The van der Waals surface area contributed by atoms with Crippen LogP contribution in [0.15, 0.2) is 59.0 Å². The molecule has 0 spiro atoms. The van der Waals surface area contributed by atoms with E-state index in [1.165, 1.54) is 0 Å². The topological polar surface area (TPSA) is 93.8 Å². The summed E-state index contributed by atoms with van der Waals surface area (Å²) in [6, 6.07) is 16.9. The van der Waals surface area contributed by atoms with Crippen molar-refractivity contribution in [3.8, 4) is 17.2 Å². The first kappa shape index (κ1) is 24.3. The van der Waals surface area contributed by atoms with Gasteiger partial charge in [-0.15, -0.1) is 0 Å². The summed E-state index contributed by atoms with van der Waals surface area (Å²) in [6.45, 7) is 7.73. The molecule has 0 saturated heterocycles. The van der Waals surface area contributed by atoms with Crippen molar-refractivity contribution < 1.29 is 23.8 Å². The van der Waals surface area contributed by atoms with Gasteiger partial charge in [0.05, 0.1) is 18.3 Å². The van der Waals surface area contributed by atoms with E-state index in [0.29, 0.717) is 31.1 Å². The molecule has 7 nitrogen and oxygen atoms in total. The molecule has 33 heavy (non-hydrogen) atoms. The molecule has 1 unspecified atom stereocenters. The molecule has 0 bridgehead atoms. The summed E-state index contributed by atoms with van der Waals surface area (Å²) < 4.78 is 17.0. The first-order valence-corrected chi connectivity index (χ1v) is 11.1. The summed E-state index contributed by atoms with van der Waals surface area (Å²) in [5.41, 5.74) is 2.09. The Bertz CT molecular complexity index is 1020. The number of aryl methyl sites for hydroxylation is 1. The van der Waals surface area contributed by atoms with E-state index in [1.807, 2.05) is 82.3 Å². The molecule has 1 heterocycles. The highest BCUT2D eigenvalue weighted by molar-refractivity contribution is 5.68. The highest BCUT2D eigenvalue weighted by Gasteiger charge is 2.20. The third-order valence-electron chi connectivity index (χ3n) is 4.91. The monoisotopic (exact) mass is 452 g/mol. The summed E-state index contributed by atoms with van der Waals surface area (Å²) in [6.07, 6.45) is 0.491. The second-order valence-corrected chi connectivity index (χ2v) is 8.77. The second kappa shape index (κ2) is 11.0. The van der Waals surface area contributed by atoms with Crippen molar-refractivity contribution >= 4 is 6.09 Å². The van der Waals surface area contributed by atoms with Crippen LogP contribution in [0.25, 0.3) is 11.5 Å². The van der Waals surface area contributed by atoms with Crippen LogP contribution in [0.4, 0.5) is 4.79 Å². The van der Waals surface area contributed by atoms with Gasteiger partial charge in [0.1, 0.15) is 17.1 Å². The van der Waals surface area contributed by atoms with Gasteiger partial charge >= 0.3 is 6.09 Å². The summed E-state index contributed by atoms with van der Waals surface area (Å²) >= 11 is 0. The number of oxazole rings is 1. The molecule has 1 atom stereocenters. The minimum absolute atomic E-state index is 0.0548. The van der Waals surface area contributed by atoms with Gasteiger partial charge in [0.15, 0.2) is 0 Å². The van der Waals surface area contributed by atoms with Crippen LogP contribution in [0.2, 0.25) is 0 Å². The molecule has 1 aromatic heterocycles. The molecule has 0 radical (unpaired) electrons. The van der Waals surface area contributed by atoms with E-state index in [0.717, 1.165) is 22.6 Å². The van der Waals surface area contributed by atoms with Gasteiger partial charge in [-0.25, -0.2) is 9.78 Å². The molecule has 3 aromatic rings. The molecule has 176 valence electrons. The zero-order valence-electron chi connectivity index (χ0n) is 19.6. The Hall–Kier alpha value is -3.32. The Balaban J connectivity index is 1.56. The predicted molar refractivity (Wildman–Crippen MR) is 126 cm³/mol. The summed E-state index contributed by atoms with van der Waals surface area (Å²) in [5, 5.41) is 12.2. The maximum atomic E-state index is 12.1. The number of ether oxygens (including phenoxy) is 2. The predicted octanol–water partition coefficient (Wildman–Crippen LogP) is 5.22. The van der Waals surface area contributed by atoms with Crippen molar-refractivity contribution in [1.82, 2.24) is 10.3 Å². The molecule has 0 aliphatic rings. The van der Waals surface area contributed by atoms with Gasteiger partial charge in [0.25, 0.3) is 0 Å². The van der Waals surface area contributed by atoms with E-state index >= 15 is 0 Å². The Labute approximate surface area is 194 Å². The number of nitrogens with zero attached hydrogens (tertiary/aromatic N) is 1. The Morgan fingerprint density at radius 3 is 2.45 bits per heavy atom. The molecule has 1 amide bonds. The highest BCUT2D eigenvalue weighted by atomic mass is 16.6. The largest absolute Gasteiger partial charge is 0.493 e. The van der Waals surface area contributed by atoms with Crippen molar-refractivity contribution in [2.75, 3.05) is 13.2 Å².